The van der Waals surface area contributed by atoms with Gasteiger partial charge in [0.1, 0.15) is 11.4 Å². The number of hydrogen-bond acceptors (Lipinski definition) is 4. The summed E-state index contributed by atoms with van der Waals surface area (Å²) in [5.41, 5.74) is 7.22. The van der Waals surface area contributed by atoms with Crippen molar-refractivity contribution in [2.75, 3.05) is 6.61 Å². The number of carbonyl (C=O) groups is 1. The zero-order valence-electron chi connectivity index (χ0n) is 12.4. The van der Waals surface area contributed by atoms with Crippen molar-refractivity contribution < 1.29 is 18.3 Å². The third-order valence-electron chi connectivity index (χ3n) is 3.30. The lowest BCUT2D eigenvalue weighted by Crippen LogP contribution is -2.27. The first-order chi connectivity index (χ1) is 10.5. The summed E-state index contributed by atoms with van der Waals surface area (Å²) < 4.78 is 24.8. The Morgan fingerprint density at radius 3 is 2.95 bits per heavy atom. The Morgan fingerprint density at radius 2 is 2.23 bits per heavy atom. The van der Waals surface area contributed by atoms with Crippen molar-refractivity contribution in [1.29, 1.82) is 0 Å². The van der Waals surface area contributed by atoms with E-state index in [1.54, 1.807) is 6.07 Å². The minimum Gasteiger partial charge on any atom is -0.466 e. The molecule has 1 atom stereocenters. The highest BCUT2D eigenvalue weighted by Crippen LogP contribution is 2.28. The molecule has 0 aliphatic carbocycles. The van der Waals surface area contributed by atoms with Crippen LogP contribution in [-0.4, -0.2) is 18.6 Å². The van der Waals surface area contributed by atoms with Crippen molar-refractivity contribution >= 4 is 32.9 Å². The first kappa shape index (κ1) is 17.0. The van der Waals surface area contributed by atoms with E-state index in [9.17, 15) is 9.18 Å². The van der Waals surface area contributed by atoms with Crippen LogP contribution >= 0.6 is 15.9 Å². The second kappa shape index (κ2) is 7.74. The van der Waals surface area contributed by atoms with E-state index in [0.717, 1.165) is 12.8 Å². The van der Waals surface area contributed by atoms with Crippen LogP contribution in [0.15, 0.2) is 27.3 Å². The number of ether oxygens (including phenoxy) is 1. The Morgan fingerprint density at radius 1 is 1.45 bits per heavy atom. The first-order valence-corrected chi connectivity index (χ1v) is 8.07. The van der Waals surface area contributed by atoms with E-state index in [-0.39, 0.29) is 18.2 Å². The molecule has 0 saturated heterocycles. The van der Waals surface area contributed by atoms with Crippen LogP contribution in [0.2, 0.25) is 0 Å². The fourth-order valence-electron chi connectivity index (χ4n) is 2.26. The molecule has 2 rings (SSSR count). The number of esters is 1. The normalized spacial score (nSPS) is 12.5. The monoisotopic (exact) mass is 371 g/mol. The third-order valence-corrected chi connectivity index (χ3v) is 3.69. The summed E-state index contributed by atoms with van der Waals surface area (Å²) in [6.07, 6.45) is 2.25. The number of hydrogen-bond donors (Lipinski definition) is 1. The second-order valence-corrected chi connectivity index (χ2v) is 6.06. The van der Waals surface area contributed by atoms with Gasteiger partial charge in [-0.2, -0.15) is 0 Å². The van der Waals surface area contributed by atoms with Gasteiger partial charge in [0.2, 0.25) is 0 Å². The molecule has 0 aliphatic heterocycles. The molecule has 1 unspecified atom stereocenters. The molecule has 1 heterocycles. The Balaban J connectivity index is 2.02. The van der Waals surface area contributed by atoms with E-state index in [4.69, 9.17) is 14.9 Å². The molecule has 6 heteroatoms. The standard InChI is InChI=1S/C16H19BrFNO3/c1-2-3-4-21-15(20)9-13(19)7-10-5-12(18)6-11-8-14(17)22-16(10)11/h5-6,8,13H,2-4,7,9,19H2,1H3. The summed E-state index contributed by atoms with van der Waals surface area (Å²) in [4.78, 5) is 11.6. The van der Waals surface area contributed by atoms with Crippen LogP contribution in [0.5, 0.6) is 0 Å². The largest absolute Gasteiger partial charge is 0.466 e. The zero-order valence-corrected chi connectivity index (χ0v) is 14.0. The van der Waals surface area contributed by atoms with Crippen LogP contribution in [0.1, 0.15) is 31.7 Å². The zero-order chi connectivity index (χ0) is 16.1. The van der Waals surface area contributed by atoms with Gasteiger partial charge < -0.3 is 14.9 Å². The average Bonchev–Trinajstić information content (AvgIpc) is 2.79. The van der Waals surface area contributed by atoms with Crippen LogP contribution in [-0.2, 0) is 16.0 Å². The summed E-state index contributed by atoms with van der Waals surface area (Å²) in [6, 6.07) is 4.05. The number of fused-ring (bicyclic) bond motifs is 1. The summed E-state index contributed by atoms with van der Waals surface area (Å²) in [7, 11) is 0. The predicted molar refractivity (Wildman–Crippen MR) is 86.0 cm³/mol. The summed E-state index contributed by atoms with van der Waals surface area (Å²) in [5.74, 6) is -0.678. The van der Waals surface area contributed by atoms with Crippen molar-refractivity contribution in [2.24, 2.45) is 5.73 Å². The molecule has 2 N–H and O–H groups in total. The van der Waals surface area contributed by atoms with Crippen molar-refractivity contribution in [3.8, 4) is 0 Å². The van der Waals surface area contributed by atoms with Crippen LogP contribution in [0, 0.1) is 5.82 Å². The Hall–Kier alpha value is -1.40. The Bertz CT molecular complexity index is 656. The number of carbonyl (C=O) groups excluding carboxylic acids is 1. The number of benzene rings is 1. The molecular formula is C16H19BrFNO3. The average molecular weight is 372 g/mol. The van der Waals surface area contributed by atoms with Crippen LogP contribution in [0.4, 0.5) is 4.39 Å². The molecule has 120 valence electrons. The number of rotatable bonds is 7. The second-order valence-electron chi connectivity index (χ2n) is 5.28. The van der Waals surface area contributed by atoms with Crippen molar-refractivity contribution in [2.45, 2.75) is 38.6 Å². The lowest BCUT2D eigenvalue weighted by Gasteiger charge is -2.12. The van der Waals surface area contributed by atoms with Gasteiger partial charge in [-0.1, -0.05) is 13.3 Å². The molecule has 0 amide bonds. The van der Waals surface area contributed by atoms with Crippen molar-refractivity contribution in [1.82, 2.24) is 0 Å². The molecule has 1 aromatic carbocycles. The Labute approximate surface area is 136 Å². The fraction of sp³-hybridized carbons (Fsp3) is 0.438. The highest BCUT2D eigenvalue weighted by molar-refractivity contribution is 9.10. The van der Waals surface area contributed by atoms with Crippen LogP contribution in [0.25, 0.3) is 11.0 Å². The van der Waals surface area contributed by atoms with Gasteiger partial charge in [-0.25, -0.2) is 4.39 Å². The van der Waals surface area contributed by atoms with Gasteiger partial charge in [0.25, 0.3) is 0 Å². The van der Waals surface area contributed by atoms with Crippen molar-refractivity contribution in [3.05, 3.63) is 34.2 Å². The molecule has 0 fully saturated rings. The molecule has 22 heavy (non-hydrogen) atoms. The van der Waals surface area contributed by atoms with Crippen LogP contribution < -0.4 is 5.73 Å². The molecule has 0 bridgehead atoms. The highest BCUT2D eigenvalue weighted by Gasteiger charge is 2.16. The minimum absolute atomic E-state index is 0.101. The van der Waals surface area contributed by atoms with Gasteiger partial charge in [-0.15, -0.1) is 0 Å². The molecule has 0 radical (unpaired) electrons. The lowest BCUT2D eigenvalue weighted by molar-refractivity contribution is -0.144. The van der Waals surface area contributed by atoms with Gasteiger partial charge in [0.15, 0.2) is 4.67 Å². The lowest BCUT2D eigenvalue weighted by atomic mass is 10.0. The molecule has 0 saturated carbocycles. The van der Waals surface area contributed by atoms with Gasteiger partial charge in [0, 0.05) is 11.4 Å². The molecule has 0 aliphatic rings. The van der Waals surface area contributed by atoms with E-state index in [1.165, 1.54) is 12.1 Å². The smallest absolute Gasteiger partial charge is 0.307 e. The number of halogens is 2. The van der Waals surface area contributed by atoms with Crippen LogP contribution in [0.3, 0.4) is 0 Å². The quantitative estimate of drug-likeness (QED) is 0.591. The molecule has 1 aromatic heterocycles. The summed E-state index contributed by atoms with van der Waals surface area (Å²) >= 11 is 3.23. The predicted octanol–water partition coefficient (Wildman–Crippen LogP) is 3.94. The summed E-state index contributed by atoms with van der Waals surface area (Å²) in [6.45, 7) is 2.44. The van der Waals surface area contributed by atoms with E-state index in [0.29, 0.717) is 34.2 Å². The maximum atomic E-state index is 13.6. The maximum Gasteiger partial charge on any atom is 0.307 e. The van der Waals surface area contributed by atoms with Gasteiger partial charge >= 0.3 is 5.97 Å². The van der Waals surface area contributed by atoms with Gasteiger partial charge in [0.05, 0.1) is 13.0 Å². The van der Waals surface area contributed by atoms with E-state index < -0.39 is 6.04 Å². The number of nitrogens with two attached hydrogens (primary N) is 1. The molecule has 0 spiro atoms. The number of furan rings is 1. The summed E-state index contributed by atoms with van der Waals surface area (Å²) in [5, 5.41) is 0.666. The number of unbranched alkanes of at least 4 members (excludes halogenated alkanes) is 1. The van der Waals surface area contributed by atoms with Gasteiger partial charge in [-0.05, 0) is 52.5 Å². The molecule has 4 nitrogen and oxygen atoms in total. The molecule has 2 aromatic rings. The van der Waals surface area contributed by atoms with E-state index >= 15 is 0 Å². The fourth-order valence-corrected chi connectivity index (χ4v) is 2.67. The third kappa shape index (κ3) is 4.55. The Kier molecular flexibility index (Phi) is 5.97. The molecular weight excluding hydrogens is 353 g/mol. The van der Waals surface area contributed by atoms with Crippen molar-refractivity contribution in [3.63, 3.8) is 0 Å². The first-order valence-electron chi connectivity index (χ1n) is 7.28. The topological polar surface area (TPSA) is 65.5 Å². The van der Waals surface area contributed by atoms with E-state index in [1.807, 2.05) is 6.92 Å². The van der Waals surface area contributed by atoms with E-state index in [2.05, 4.69) is 15.9 Å². The SMILES string of the molecule is CCCCOC(=O)CC(N)Cc1cc(F)cc2cc(Br)oc12. The maximum absolute atomic E-state index is 13.6. The van der Waals surface area contributed by atoms with Gasteiger partial charge in [-0.3, -0.25) is 4.79 Å². The minimum atomic E-state index is -0.442. The highest BCUT2D eigenvalue weighted by atomic mass is 79.9.